The van der Waals surface area contributed by atoms with Crippen molar-refractivity contribution >= 4 is 52.3 Å². The molecule has 0 bridgehead atoms. The van der Waals surface area contributed by atoms with Gasteiger partial charge in [0.15, 0.2) is 0 Å². The van der Waals surface area contributed by atoms with Gasteiger partial charge in [-0.15, -0.1) is 0 Å². The third kappa shape index (κ3) is 4.17. The van der Waals surface area contributed by atoms with Crippen LogP contribution in [0.4, 0.5) is 11.4 Å². The maximum absolute atomic E-state index is 13.9. The summed E-state index contributed by atoms with van der Waals surface area (Å²) in [7, 11) is 1.49. The number of esters is 1. The number of para-hydroxylation sites is 1. The molecule has 3 atom stereocenters. The molecular formula is C25H21N3O8S2. The Kier molecular flexibility index (Phi) is 6.80. The van der Waals surface area contributed by atoms with Gasteiger partial charge in [0, 0.05) is 28.5 Å². The fourth-order valence-corrected chi connectivity index (χ4v) is 7.59. The number of nitro benzene ring substituents is 1. The summed E-state index contributed by atoms with van der Waals surface area (Å²) in [6.07, 6.45) is 0. The molecule has 0 aliphatic carbocycles. The van der Waals surface area contributed by atoms with Gasteiger partial charge >= 0.3 is 10.8 Å². The van der Waals surface area contributed by atoms with E-state index >= 15 is 0 Å². The number of rotatable bonds is 7. The van der Waals surface area contributed by atoms with E-state index in [1.165, 1.54) is 35.9 Å². The second-order valence-corrected chi connectivity index (χ2v) is 10.6. The summed E-state index contributed by atoms with van der Waals surface area (Å²) in [6, 6.07) is 12.3. The Hall–Kier alpha value is -3.97. The molecule has 0 saturated carbocycles. The number of ether oxygens (including phenoxy) is 2. The fraction of sp³-hybridized carbons (Fsp3) is 0.280. The lowest BCUT2D eigenvalue weighted by Gasteiger charge is -2.31. The second kappa shape index (κ2) is 10.1. The molecule has 3 aromatic rings. The molecule has 11 nitrogen and oxygen atoms in total. The van der Waals surface area contributed by atoms with E-state index in [2.05, 4.69) is 0 Å². The van der Waals surface area contributed by atoms with Crippen LogP contribution in [0.2, 0.25) is 0 Å². The molecule has 3 unspecified atom stereocenters. The minimum atomic E-state index is -0.900. The SMILES string of the molecule is CCOC(=O)Cn1c2c(sc1=O)C(c1ccccc1OC)C1C(=O)N(c3ccc([N+](=O)[O-])cc3)C(=O)C1S2. The molecule has 1 fully saturated rings. The first-order valence-corrected chi connectivity index (χ1v) is 13.3. The number of nitrogens with zero attached hydrogens (tertiary/aromatic N) is 3. The number of non-ortho nitro benzene ring substituents is 1. The van der Waals surface area contributed by atoms with E-state index in [0.29, 0.717) is 21.2 Å². The molecule has 0 radical (unpaired) electrons. The van der Waals surface area contributed by atoms with Gasteiger partial charge in [0.2, 0.25) is 11.8 Å². The lowest BCUT2D eigenvalue weighted by Crippen LogP contribution is -2.33. The molecule has 2 aliphatic rings. The van der Waals surface area contributed by atoms with Crippen LogP contribution >= 0.6 is 23.1 Å². The Morgan fingerprint density at radius 2 is 1.79 bits per heavy atom. The first-order chi connectivity index (χ1) is 18.3. The van der Waals surface area contributed by atoms with Crippen LogP contribution in [0, 0.1) is 16.0 Å². The molecule has 2 aromatic carbocycles. The van der Waals surface area contributed by atoms with Gasteiger partial charge in [0.05, 0.1) is 35.3 Å². The number of amides is 2. The highest BCUT2D eigenvalue weighted by Gasteiger charge is 2.57. The molecule has 1 saturated heterocycles. The highest BCUT2D eigenvalue weighted by atomic mass is 32.2. The molecule has 0 spiro atoms. The van der Waals surface area contributed by atoms with Gasteiger partial charge in [-0.25, -0.2) is 4.90 Å². The summed E-state index contributed by atoms with van der Waals surface area (Å²) in [6.45, 7) is 1.49. The summed E-state index contributed by atoms with van der Waals surface area (Å²) in [5.74, 6) is -2.67. The number of fused-ring (bicyclic) bond motifs is 2. The standard InChI is InChI=1S/C25H21N3O8S2/c1-3-36-17(29)12-26-24-21(38-25(26)32)18(15-6-4-5-7-16(15)35-2)19-20(37-24)23(31)27(22(19)30)13-8-10-14(11-9-13)28(33)34/h4-11,18-20H,3,12H2,1-2H3. The molecule has 5 rings (SSSR count). The molecule has 2 aliphatic heterocycles. The Bertz CT molecular complexity index is 1510. The van der Waals surface area contributed by atoms with Crippen LogP contribution in [-0.2, 0) is 25.7 Å². The van der Waals surface area contributed by atoms with E-state index in [0.717, 1.165) is 28.0 Å². The summed E-state index contributed by atoms with van der Waals surface area (Å²) in [4.78, 5) is 64.6. The van der Waals surface area contributed by atoms with E-state index in [-0.39, 0.29) is 24.5 Å². The third-order valence-corrected chi connectivity index (χ3v) is 9.04. The number of imide groups is 1. The van der Waals surface area contributed by atoms with Crippen molar-refractivity contribution < 1.29 is 28.8 Å². The third-order valence-electron chi connectivity index (χ3n) is 6.43. The number of methoxy groups -OCH3 is 1. The van der Waals surface area contributed by atoms with Gasteiger partial charge in [-0.3, -0.25) is 33.9 Å². The maximum atomic E-state index is 13.9. The van der Waals surface area contributed by atoms with Crippen molar-refractivity contribution in [1.29, 1.82) is 0 Å². The minimum Gasteiger partial charge on any atom is -0.496 e. The van der Waals surface area contributed by atoms with Crippen LogP contribution < -0.4 is 14.5 Å². The zero-order chi connectivity index (χ0) is 27.1. The van der Waals surface area contributed by atoms with Gasteiger partial charge in [0.1, 0.15) is 17.5 Å². The lowest BCUT2D eigenvalue weighted by molar-refractivity contribution is -0.384. The number of thioether (sulfide) groups is 1. The molecular weight excluding hydrogens is 534 g/mol. The zero-order valence-electron chi connectivity index (χ0n) is 20.2. The molecule has 1 aromatic heterocycles. The van der Waals surface area contributed by atoms with Crippen molar-refractivity contribution in [3.8, 4) is 5.75 Å². The average molecular weight is 556 g/mol. The van der Waals surface area contributed by atoms with E-state index in [9.17, 15) is 29.3 Å². The number of carbonyl (C=O) groups excluding carboxylic acids is 3. The molecule has 13 heteroatoms. The smallest absolute Gasteiger partial charge is 0.326 e. The quantitative estimate of drug-likeness (QED) is 0.186. The van der Waals surface area contributed by atoms with Crippen LogP contribution in [0.3, 0.4) is 0 Å². The maximum Gasteiger partial charge on any atom is 0.326 e. The van der Waals surface area contributed by atoms with Crippen LogP contribution in [0.5, 0.6) is 5.75 Å². The Balaban J connectivity index is 1.65. The number of hydrogen-bond acceptors (Lipinski definition) is 10. The number of nitro groups is 1. The predicted octanol–water partition coefficient (Wildman–Crippen LogP) is 3.19. The number of hydrogen-bond donors (Lipinski definition) is 0. The van der Waals surface area contributed by atoms with E-state index < -0.39 is 44.7 Å². The van der Waals surface area contributed by atoms with Gasteiger partial charge in [-0.1, -0.05) is 41.3 Å². The first-order valence-electron chi connectivity index (χ1n) is 11.6. The zero-order valence-corrected chi connectivity index (χ0v) is 21.8. The predicted molar refractivity (Wildman–Crippen MR) is 139 cm³/mol. The number of carbonyl (C=O) groups is 3. The Morgan fingerprint density at radius 3 is 2.45 bits per heavy atom. The summed E-state index contributed by atoms with van der Waals surface area (Å²) in [5, 5.41) is 10.6. The van der Waals surface area contributed by atoms with Gasteiger partial charge < -0.3 is 9.47 Å². The molecule has 0 N–H and O–H groups in total. The van der Waals surface area contributed by atoms with Gasteiger partial charge in [-0.05, 0) is 25.1 Å². The Morgan fingerprint density at radius 1 is 1.08 bits per heavy atom. The summed E-state index contributed by atoms with van der Waals surface area (Å²) >= 11 is 1.99. The Labute approximate surface area is 224 Å². The van der Waals surface area contributed by atoms with Crippen LogP contribution in [0.25, 0.3) is 0 Å². The number of aromatic nitrogens is 1. The number of thiazole rings is 1. The lowest BCUT2D eigenvalue weighted by atomic mass is 9.82. The van der Waals surface area contributed by atoms with Crippen molar-refractivity contribution in [2.75, 3.05) is 18.6 Å². The van der Waals surface area contributed by atoms with E-state index in [1.54, 1.807) is 31.2 Å². The number of benzene rings is 2. The van der Waals surface area contributed by atoms with Gasteiger partial charge in [0.25, 0.3) is 5.69 Å². The van der Waals surface area contributed by atoms with Gasteiger partial charge in [-0.2, -0.15) is 0 Å². The first kappa shape index (κ1) is 25.7. The van der Waals surface area contributed by atoms with Crippen LogP contribution in [0.15, 0.2) is 58.4 Å². The molecule has 38 heavy (non-hydrogen) atoms. The van der Waals surface area contributed by atoms with E-state index in [4.69, 9.17) is 9.47 Å². The molecule has 196 valence electrons. The van der Waals surface area contributed by atoms with Crippen LogP contribution in [0.1, 0.15) is 23.3 Å². The van der Waals surface area contributed by atoms with Crippen LogP contribution in [-0.4, -0.2) is 46.2 Å². The van der Waals surface area contributed by atoms with E-state index in [1.807, 2.05) is 0 Å². The van der Waals surface area contributed by atoms with Crippen molar-refractivity contribution in [2.45, 2.75) is 29.7 Å². The molecule has 2 amide bonds. The summed E-state index contributed by atoms with van der Waals surface area (Å²) < 4.78 is 11.9. The van der Waals surface area contributed by atoms with Crippen molar-refractivity contribution in [2.24, 2.45) is 5.92 Å². The highest BCUT2D eigenvalue weighted by molar-refractivity contribution is 8.00. The summed E-state index contributed by atoms with van der Waals surface area (Å²) in [5.41, 5.74) is 0.672. The molecule has 3 heterocycles. The van der Waals surface area contributed by atoms with Crippen molar-refractivity contribution in [3.63, 3.8) is 0 Å². The van der Waals surface area contributed by atoms with Crippen molar-refractivity contribution in [3.05, 3.63) is 78.8 Å². The topological polar surface area (TPSA) is 138 Å². The fourth-order valence-electron chi connectivity index (χ4n) is 4.83. The minimum absolute atomic E-state index is 0.152. The monoisotopic (exact) mass is 555 g/mol. The highest BCUT2D eigenvalue weighted by Crippen LogP contribution is 2.55. The average Bonchev–Trinajstić information content (AvgIpc) is 3.35. The number of anilines is 1. The second-order valence-electron chi connectivity index (χ2n) is 8.50. The normalized spacial score (nSPS) is 20.2. The van der Waals surface area contributed by atoms with Crippen molar-refractivity contribution in [1.82, 2.24) is 4.57 Å². The largest absolute Gasteiger partial charge is 0.496 e.